The summed E-state index contributed by atoms with van der Waals surface area (Å²) in [6, 6.07) is 13.5. The van der Waals surface area contributed by atoms with Gasteiger partial charge in [-0.15, -0.1) is 0 Å². The minimum Gasteiger partial charge on any atom is -0.370 e. The number of nitrogens with one attached hydrogen (secondary N) is 1. The van der Waals surface area contributed by atoms with Gasteiger partial charge in [0.1, 0.15) is 0 Å². The van der Waals surface area contributed by atoms with Crippen LogP contribution in [0.3, 0.4) is 0 Å². The number of aliphatic imine (C=N–C) groups is 1. The van der Waals surface area contributed by atoms with Gasteiger partial charge in [-0.25, -0.2) is 8.42 Å². The van der Waals surface area contributed by atoms with Crippen LogP contribution in [0.15, 0.2) is 47.5 Å². The van der Waals surface area contributed by atoms with E-state index in [1.54, 1.807) is 0 Å². The van der Waals surface area contributed by atoms with Crippen molar-refractivity contribution in [3.63, 3.8) is 0 Å². The number of sulfonamides is 1. The van der Waals surface area contributed by atoms with Gasteiger partial charge in [-0.2, -0.15) is 0 Å². The summed E-state index contributed by atoms with van der Waals surface area (Å²) in [6.45, 7) is 4.67. The first-order chi connectivity index (χ1) is 12.4. The number of fused-ring (bicyclic) bond motifs is 1. The molecule has 0 saturated carbocycles. The van der Waals surface area contributed by atoms with Crippen LogP contribution < -0.4 is 15.4 Å². The number of aryl methyl sites for hydroxylation is 2. The van der Waals surface area contributed by atoms with Gasteiger partial charge in [0, 0.05) is 12.2 Å². The number of rotatable bonds is 5. The molecule has 0 spiro atoms. The van der Waals surface area contributed by atoms with Gasteiger partial charge in [0.15, 0.2) is 5.96 Å². The van der Waals surface area contributed by atoms with Crippen LogP contribution in [0.2, 0.25) is 0 Å². The second kappa shape index (κ2) is 7.37. The van der Waals surface area contributed by atoms with E-state index in [1.165, 1.54) is 9.87 Å². The van der Waals surface area contributed by atoms with Crippen molar-refractivity contribution in [1.82, 2.24) is 0 Å². The molecule has 2 aromatic carbocycles. The molecule has 2 aromatic rings. The molecule has 6 nitrogen and oxygen atoms in total. The maximum Gasteiger partial charge on any atom is 0.237 e. The number of hydrogen-bond donors (Lipinski definition) is 2. The molecule has 0 atom stereocenters. The van der Waals surface area contributed by atoms with E-state index in [1.807, 2.05) is 56.3 Å². The lowest BCUT2D eigenvalue weighted by atomic mass is 10.1. The highest BCUT2D eigenvalue weighted by molar-refractivity contribution is 7.92. The van der Waals surface area contributed by atoms with Gasteiger partial charge in [0.25, 0.3) is 0 Å². The molecule has 1 aliphatic rings. The fraction of sp³-hybridized carbons (Fsp3) is 0.316. The maximum atomic E-state index is 12.6. The molecule has 138 valence electrons. The Labute approximate surface area is 154 Å². The van der Waals surface area contributed by atoms with E-state index < -0.39 is 10.0 Å². The highest BCUT2D eigenvalue weighted by atomic mass is 32.2. The summed E-state index contributed by atoms with van der Waals surface area (Å²) in [5.74, 6) is 0.140. The van der Waals surface area contributed by atoms with Crippen LogP contribution in [0.4, 0.5) is 11.4 Å². The lowest BCUT2D eigenvalue weighted by Crippen LogP contribution is -2.33. The lowest BCUT2D eigenvalue weighted by molar-refractivity contribution is 0.592. The molecular weight excluding hydrogens is 348 g/mol. The Morgan fingerprint density at radius 1 is 1.19 bits per heavy atom. The highest BCUT2D eigenvalue weighted by Crippen LogP contribution is 2.29. The molecule has 26 heavy (non-hydrogen) atoms. The fourth-order valence-electron chi connectivity index (χ4n) is 3.00. The Morgan fingerprint density at radius 3 is 2.73 bits per heavy atom. The van der Waals surface area contributed by atoms with Crippen LogP contribution in [0.1, 0.15) is 16.7 Å². The molecular formula is C19H24N4O2S. The first-order valence-electron chi connectivity index (χ1n) is 8.59. The van der Waals surface area contributed by atoms with Gasteiger partial charge in [0.2, 0.25) is 10.0 Å². The lowest BCUT2D eigenvalue weighted by Gasteiger charge is -2.19. The summed E-state index contributed by atoms with van der Waals surface area (Å²) in [6.07, 6.45) is 0.745. The third kappa shape index (κ3) is 3.99. The van der Waals surface area contributed by atoms with Gasteiger partial charge >= 0.3 is 0 Å². The van der Waals surface area contributed by atoms with E-state index in [2.05, 4.69) is 10.3 Å². The molecule has 0 aliphatic carbocycles. The average molecular weight is 372 g/mol. The van der Waals surface area contributed by atoms with Crippen molar-refractivity contribution in [3.8, 4) is 0 Å². The van der Waals surface area contributed by atoms with Gasteiger partial charge in [-0.3, -0.25) is 9.30 Å². The minimum atomic E-state index is -3.41. The largest absolute Gasteiger partial charge is 0.370 e. The van der Waals surface area contributed by atoms with Crippen molar-refractivity contribution in [2.75, 3.05) is 28.5 Å². The molecule has 1 heterocycles. The standard InChI is InChI=1S/C19H24N4O2S/c1-14-7-8-17(13-15(14)2)22-19(20)21-10-12-26(24,25)23-11-9-16-5-3-4-6-18(16)23/h3-8,13H,9-12H2,1-2H3,(H3,20,21,22). The zero-order valence-corrected chi connectivity index (χ0v) is 15.9. The number of benzene rings is 2. The van der Waals surface area contributed by atoms with Crippen molar-refractivity contribution in [1.29, 1.82) is 0 Å². The van der Waals surface area contributed by atoms with E-state index in [0.717, 1.165) is 28.9 Å². The fourth-order valence-corrected chi connectivity index (χ4v) is 4.38. The predicted octanol–water partition coefficient (Wildman–Crippen LogP) is 2.42. The summed E-state index contributed by atoms with van der Waals surface area (Å²) in [5, 5.41) is 3.00. The molecule has 0 bridgehead atoms. The Morgan fingerprint density at radius 2 is 1.96 bits per heavy atom. The maximum absolute atomic E-state index is 12.6. The topological polar surface area (TPSA) is 87.8 Å². The van der Waals surface area contributed by atoms with Gasteiger partial charge in [-0.1, -0.05) is 24.3 Å². The summed E-state index contributed by atoms with van der Waals surface area (Å²) in [7, 11) is -3.41. The average Bonchev–Trinajstić information content (AvgIpc) is 3.03. The summed E-state index contributed by atoms with van der Waals surface area (Å²) >= 11 is 0. The number of nitrogens with two attached hydrogens (primary N) is 1. The molecule has 3 rings (SSSR count). The quantitative estimate of drug-likeness (QED) is 0.623. The second-order valence-corrected chi connectivity index (χ2v) is 8.47. The van der Waals surface area contributed by atoms with Gasteiger partial charge < -0.3 is 11.1 Å². The van der Waals surface area contributed by atoms with E-state index in [4.69, 9.17) is 5.73 Å². The number of guanidine groups is 1. The van der Waals surface area contributed by atoms with Gasteiger partial charge in [0.05, 0.1) is 18.0 Å². The zero-order valence-electron chi connectivity index (χ0n) is 15.1. The Bertz CT molecular complexity index is 938. The molecule has 1 aliphatic heterocycles. The molecule has 3 N–H and O–H groups in total. The third-order valence-electron chi connectivity index (χ3n) is 4.59. The van der Waals surface area contributed by atoms with E-state index in [0.29, 0.717) is 6.54 Å². The van der Waals surface area contributed by atoms with Crippen LogP contribution in [-0.2, 0) is 16.4 Å². The predicted molar refractivity (Wildman–Crippen MR) is 107 cm³/mol. The first kappa shape index (κ1) is 18.3. The molecule has 0 amide bonds. The second-order valence-electron chi connectivity index (χ2n) is 6.46. The monoisotopic (exact) mass is 372 g/mol. The van der Waals surface area contributed by atoms with Crippen LogP contribution >= 0.6 is 0 Å². The van der Waals surface area contributed by atoms with E-state index in [-0.39, 0.29) is 18.3 Å². The van der Waals surface area contributed by atoms with Crippen LogP contribution in [0, 0.1) is 13.8 Å². The van der Waals surface area contributed by atoms with Gasteiger partial charge in [-0.05, 0) is 55.2 Å². The van der Waals surface area contributed by atoms with Crippen molar-refractivity contribution >= 4 is 27.4 Å². The van der Waals surface area contributed by atoms with Crippen LogP contribution in [-0.4, -0.2) is 33.2 Å². The molecule has 0 fully saturated rings. The number of para-hydroxylation sites is 1. The Hall–Kier alpha value is -2.54. The molecule has 7 heteroatoms. The smallest absolute Gasteiger partial charge is 0.237 e. The normalized spacial score (nSPS) is 14.4. The van der Waals surface area contributed by atoms with Crippen molar-refractivity contribution in [2.24, 2.45) is 10.7 Å². The molecule has 0 saturated heterocycles. The van der Waals surface area contributed by atoms with Crippen LogP contribution in [0.25, 0.3) is 0 Å². The Kier molecular flexibility index (Phi) is 5.18. The van der Waals surface area contributed by atoms with Crippen molar-refractivity contribution in [3.05, 3.63) is 59.2 Å². The Balaban J connectivity index is 1.61. The first-order valence-corrected chi connectivity index (χ1v) is 10.2. The van der Waals surface area contributed by atoms with Crippen molar-refractivity contribution in [2.45, 2.75) is 20.3 Å². The van der Waals surface area contributed by atoms with E-state index >= 15 is 0 Å². The SMILES string of the molecule is Cc1ccc(NC(N)=NCCS(=O)(=O)N2CCc3ccccc32)cc1C. The van der Waals surface area contributed by atoms with Crippen molar-refractivity contribution < 1.29 is 8.42 Å². The molecule has 0 aromatic heterocycles. The number of nitrogens with zero attached hydrogens (tertiary/aromatic N) is 2. The van der Waals surface area contributed by atoms with E-state index in [9.17, 15) is 8.42 Å². The number of hydrogen-bond acceptors (Lipinski definition) is 3. The van der Waals surface area contributed by atoms with Crippen LogP contribution in [0.5, 0.6) is 0 Å². The molecule has 0 unspecified atom stereocenters. The zero-order chi connectivity index (χ0) is 18.7. The third-order valence-corrected chi connectivity index (χ3v) is 6.34. The summed E-state index contributed by atoms with van der Waals surface area (Å²) in [5.41, 5.74) is 10.9. The molecule has 0 radical (unpaired) electrons. The minimum absolute atomic E-state index is 0.0728. The summed E-state index contributed by atoms with van der Waals surface area (Å²) < 4.78 is 26.7. The number of anilines is 2. The highest BCUT2D eigenvalue weighted by Gasteiger charge is 2.28. The summed E-state index contributed by atoms with van der Waals surface area (Å²) in [4.78, 5) is 4.16.